The van der Waals surface area contributed by atoms with E-state index in [2.05, 4.69) is 220 Å². The average molecular weight is 757 g/mol. The van der Waals surface area contributed by atoms with Crippen LogP contribution in [0.1, 0.15) is 25.0 Å². The Labute approximate surface area is 344 Å². The molecule has 0 fully saturated rings. The molecule has 0 nitrogen and oxygen atoms in total. The first-order valence-electron chi connectivity index (χ1n) is 20.2. The van der Waals surface area contributed by atoms with E-state index in [1.807, 2.05) is 11.3 Å². The van der Waals surface area contributed by atoms with E-state index in [0.717, 1.165) is 0 Å². The van der Waals surface area contributed by atoms with Crippen molar-refractivity contribution in [3.63, 3.8) is 0 Å². The highest BCUT2D eigenvalue weighted by molar-refractivity contribution is 7.26. The SMILES string of the molecule is CC1(C)c2ccccc2-c2ccc(-c3cccc(-c4cccc(-c5cccc(-c6cccc(-c7cccc(-c8cccc9c8sc8ccccc89)c7)c6)c5)c4)c3)cc21. The van der Waals surface area contributed by atoms with E-state index in [0.29, 0.717) is 0 Å². The third kappa shape index (κ3) is 5.82. The predicted molar refractivity (Wildman–Crippen MR) is 250 cm³/mol. The van der Waals surface area contributed by atoms with Crippen molar-refractivity contribution in [2.24, 2.45) is 0 Å². The van der Waals surface area contributed by atoms with Crippen molar-refractivity contribution in [3.05, 3.63) is 217 Å². The molecule has 1 aliphatic rings. The van der Waals surface area contributed by atoms with Gasteiger partial charge in [-0.2, -0.15) is 0 Å². The van der Waals surface area contributed by atoms with Gasteiger partial charge in [0.1, 0.15) is 0 Å². The van der Waals surface area contributed by atoms with Gasteiger partial charge in [-0.25, -0.2) is 0 Å². The second kappa shape index (κ2) is 13.7. The number of thiophene rings is 1. The molecular formula is C57H40S. The molecule has 0 aliphatic heterocycles. The Morgan fingerprint density at radius 1 is 0.293 bits per heavy atom. The van der Waals surface area contributed by atoms with Gasteiger partial charge in [0.05, 0.1) is 0 Å². The van der Waals surface area contributed by atoms with Crippen LogP contribution in [0.2, 0.25) is 0 Å². The fraction of sp³-hybridized carbons (Fsp3) is 0.0526. The van der Waals surface area contributed by atoms with Crippen LogP contribution in [-0.4, -0.2) is 0 Å². The molecule has 0 amide bonds. The normalized spacial score (nSPS) is 12.8. The molecule has 0 bridgehead atoms. The van der Waals surface area contributed by atoms with E-state index in [9.17, 15) is 0 Å². The predicted octanol–water partition coefficient (Wildman–Crippen LogP) is 16.4. The van der Waals surface area contributed by atoms with Gasteiger partial charge < -0.3 is 0 Å². The minimum absolute atomic E-state index is 0.0230. The molecule has 1 heteroatoms. The van der Waals surface area contributed by atoms with E-state index >= 15 is 0 Å². The minimum Gasteiger partial charge on any atom is -0.135 e. The number of benzene rings is 9. The molecule has 0 atom stereocenters. The standard InChI is InChI=1S/C57H40S/c1-57(2)53-27-5-3-23-49(53)50-30-29-46(36-54(50)57)44-20-10-18-42(34-44)40-16-8-14-38(32-40)37-13-7-15-39(31-37)41-17-9-19-43(33-41)45-21-11-22-47(35-45)48-25-12-26-52-51-24-4-6-28-55(51)58-56(48)52/h3-36H,1-2H3. The van der Waals surface area contributed by atoms with Crippen LogP contribution in [0, 0.1) is 0 Å². The molecule has 1 heterocycles. The van der Waals surface area contributed by atoms with Gasteiger partial charge in [-0.3, -0.25) is 0 Å². The maximum absolute atomic E-state index is 2.41. The summed E-state index contributed by atoms with van der Waals surface area (Å²) in [6.07, 6.45) is 0. The van der Waals surface area contributed by atoms with Crippen LogP contribution >= 0.6 is 11.3 Å². The highest BCUT2D eigenvalue weighted by Crippen LogP contribution is 2.49. The summed E-state index contributed by atoms with van der Waals surface area (Å²) in [4.78, 5) is 0. The molecule has 0 unspecified atom stereocenters. The fourth-order valence-corrected chi connectivity index (χ4v) is 10.5. The molecule has 9 aromatic carbocycles. The van der Waals surface area contributed by atoms with Crippen LogP contribution in [-0.2, 0) is 5.41 Å². The van der Waals surface area contributed by atoms with Gasteiger partial charge in [0.2, 0.25) is 0 Å². The molecule has 0 saturated heterocycles. The highest BCUT2D eigenvalue weighted by atomic mass is 32.1. The van der Waals surface area contributed by atoms with Crippen molar-refractivity contribution in [1.29, 1.82) is 0 Å². The third-order valence-electron chi connectivity index (χ3n) is 12.3. The summed E-state index contributed by atoms with van der Waals surface area (Å²) in [7, 11) is 0. The lowest BCUT2D eigenvalue weighted by molar-refractivity contribution is 0.660. The summed E-state index contributed by atoms with van der Waals surface area (Å²) in [5.74, 6) is 0. The Hall–Kier alpha value is -6.80. The lowest BCUT2D eigenvalue weighted by atomic mass is 9.81. The molecule has 0 saturated carbocycles. The van der Waals surface area contributed by atoms with Crippen LogP contribution < -0.4 is 0 Å². The summed E-state index contributed by atoms with van der Waals surface area (Å²) in [5.41, 5.74) is 20.2. The molecule has 11 rings (SSSR count). The molecule has 0 N–H and O–H groups in total. The smallest absolute Gasteiger partial charge is 0.0433 e. The lowest BCUT2D eigenvalue weighted by Gasteiger charge is -2.22. The van der Waals surface area contributed by atoms with Crippen LogP contribution in [0.15, 0.2) is 206 Å². The Balaban J connectivity index is 0.886. The van der Waals surface area contributed by atoms with E-state index in [1.165, 1.54) is 109 Å². The van der Waals surface area contributed by atoms with Crippen molar-refractivity contribution < 1.29 is 0 Å². The Morgan fingerprint density at radius 2 is 0.690 bits per heavy atom. The molecule has 0 spiro atoms. The Morgan fingerprint density at radius 3 is 1.26 bits per heavy atom. The van der Waals surface area contributed by atoms with Crippen molar-refractivity contribution >= 4 is 31.5 Å². The van der Waals surface area contributed by atoms with Crippen molar-refractivity contribution in [1.82, 2.24) is 0 Å². The van der Waals surface area contributed by atoms with Gasteiger partial charge in [-0.15, -0.1) is 11.3 Å². The maximum atomic E-state index is 2.41. The molecular weight excluding hydrogens is 717 g/mol. The molecule has 1 aliphatic carbocycles. The number of hydrogen-bond acceptors (Lipinski definition) is 1. The zero-order chi connectivity index (χ0) is 38.8. The first-order valence-corrected chi connectivity index (χ1v) is 21.0. The Bertz CT molecular complexity index is 3210. The summed E-state index contributed by atoms with van der Waals surface area (Å²) in [6, 6.07) is 76.3. The van der Waals surface area contributed by atoms with Crippen molar-refractivity contribution in [2.45, 2.75) is 19.3 Å². The van der Waals surface area contributed by atoms with Crippen molar-refractivity contribution in [2.75, 3.05) is 0 Å². The summed E-state index contributed by atoms with van der Waals surface area (Å²) in [6.45, 7) is 4.70. The monoisotopic (exact) mass is 756 g/mol. The third-order valence-corrected chi connectivity index (χ3v) is 13.5. The zero-order valence-electron chi connectivity index (χ0n) is 32.5. The van der Waals surface area contributed by atoms with Crippen LogP contribution in [0.3, 0.4) is 0 Å². The molecule has 0 radical (unpaired) electrons. The van der Waals surface area contributed by atoms with E-state index < -0.39 is 0 Å². The lowest BCUT2D eigenvalue weighted by Crippen LogP contribution is -2.14. The Kier molecular flexibility index (Phi) is 8.13. The number of rotatable bonds is 6. The van der Waals surface area contributed by atoms with Gasteiger partial charge in [0.15, 0.2) is 0 Å². The fourth-order valence-electron chi connectivity index (χ4n) is 9.24. The van der Waals surface area contributed by atoms with E-state index in [-0.39, 0.29) is 5.41 Å². The van der Waals surface area contributed by atoms with E-state index in [1.54, 1.807) is 0 Å². The quantitative estimate of drug-likeness (QED) is 0.158. The molecule has 58 heavy (non-hydrogen) atoms. The van der Waals surface area contributed by atoms with E-state index in [4.69, 9.17) is 0 Å². The summed E-state index contributed by atoms with van der Waals surface area (Å²) >= 11 is 1.88. The molecule has 10 aromatic rings. The number of fused-ring (bicyclic) bond motifs is 6. The first-order chi connectivity index (χ1) is 28.5. The summed E-state index contributed by atoms with van der Waals surface area (Å²) < 4.78 is 2.68. The maximum Gasteiger partial charge on any atom is 0.0433 e. The van der Waals surface area contributed by atoms with Crippen LogP contribution in [0.25, 0.3) is 98.1 Å². The molecule has 274 valence electrons. The molecule has 1 aromatic heterocycles. The highest BCUT2D eigenvalue weighted by Gasteiger charge is 2.35. The largest absolute Gasteiger partial charge is 0.135 e. The average Bonchev–Trinajstić information content (AvgIpc) is 3.78. The first kappa shape index (κ1) is 34.4. The van der Waals surface area contributed by atoms with Gasteiger partial charge in [0, 0.05) is 25.6 Å². The zero-order valence-corrected chi connectivity index (χ0v) is 33.4. The summed E-state index contributed by atoms with van der Waals surface area (Å²) in [5, 5.41) is 2.66. The van der Waals surface area contributed by atoms with Gasteiger partial charge >= 0.3 is 0 Å². The topological polar surface area (TPSA) is 0 Å². The van der Waals surface area contributed by atoms with Crippen molar-refractivity contribution in [3.8, 4) is 77.9 Å². The second-order valence-electron chi connectivity index (χ2n) is 16.1. The number of hydrogen-bond donors (Lipinski definition) is 0. The van der Waals surface area contributed by atoms with Crippen LogP contribution in [0.4, 0.5) is 0 Å². The van der Waals surface area contributed by atoms with Gasteiger partial charge in [-0.1, -0.05) is 178 Å². The van der Waals surface area contributed by atoms with Gasteiger partial charge in [0.25, 0.3) is 0 Å². The second-order valence-corrected chi connectivity index (χ2v) is 17.2. The van der Waals surface area contributed by atoms with Gasteiger partial charge in [-0.05, 0) is 131 Å². The minimum atomic E-state index is -0.0230. The van der Waals surface area contributed by atoms with Crippen LogP contribution in [0.5, 0.6) is 0 Å².